The third kappa shape index (κ3) is 1.33. The van der Waals surface area contributed by atoms with Gasteiger partial charge in [0.2, 0.25) is 0 Å². The third-order valence-corrected chi connectivity index (χ3v) is 3.25. The van der Waals surface area contributed by atoms with Gasteiger partial charge in [-0.2, -0.15) is 0 Å². The normalized spacial score (nSPS) is 11.8. The molecule has 16 heavy (non-hydrogen) atoms. The van der Waals surface area contributed by atoms with Gasteiger partial charge in [-0.05, 0) is 52.9 Å². The highest BCUT2D eigenvalue weighted by Crippen LogP contribution is 2.37. The third-order valence-electron chi connectivity index (χ3n) is 3.01. The van der Waals surface area contributed by atoms with Gasteiger partial charge in [0.15, 0.2) is 0 Å². The predicted octanol–water partition coefficient (Wildman–Crippen LogP) is 3.89. The van der Waals surface area contributed by atoms with E-state index in [1.807, 2.05) is 18.2 Å². The van der Waals surface area contributed by atoms with Gasteiger partial charge in [0.05, 0.1) is 0 Å². The Bertz CT molecular complexity index is 618. The first kappa shape index (κ1) is 9.51. The van der Waals surface area contributed by atoms with Gasteiger partial charge in [0.1, 0.15) is 0 Å². The fourth-order valence-corrected chi connectivity index (χ4v) is 2.46. The van der Waals surface area contributed by atoms with E-state index >= 15 is 0 Å². The molecule has 0 unspecified atom stereocenters. The number of halogens is 1. The van der Waals surface area contributed by atoms with Crippen LogP contribution in [0.2, 0.25) is 5.02 Å². The van der Waals surface area contributed by atoms with Gasteiger partial charge in [0.25, 0.3) is 0 Å². The molecule has 0 radical (unpaired) electrons. The van der Waals surface area contributed by atoms with Gasteiger partial charge in [-0.25, -0.2) is 0 Å². The zero-order valence-corrected chi connectivity index (χ0v) is 9.38. The number of hydrogen-bond acceptors (Lipinski definition) is 0. The second kappa shape index (κ2) is 3.40. The van der Waals surface area contributed by atoms with Crippen LogP contribution in [-0.4, -0.2) is 0 Å². The van der Waals surface area contributed by atoms with Crippen molar-refractivity contribution in [1.29, 1.82) is 0 Å². The van der Waals surface area contributed by atoms with Gasteiger partial charge in [-0.1, -0.05) is 29.7 Å². The summed E-state index contributed by atoms with van der Waals surface area (Å²) < 4.78 is 0. The summed E-state index contributed by atoms with van der Waals surface area (Å²) in [6.45, 7) is 0. The number of rotatable bonds is 0. The summed E-state index contributed by atoms with van der Waals surface area (Å²) in [5.74, 6) is 2.67. The average Bonchev–Trinajstić information content (AvgIpc) is 2.64. The number of terminal acetylenes is 1. The fraction of sp³-hybridized carbons (Fsp3) is 0.0667. The summed E-state index contributed by atoms with van der Waals surface area (Å²) in [4.78, 5) is 0. The zero-order chi connectivity index (χ0) is 11.1. The molecule has 2 aromatic carbocycles. The van der Waals surface area contributed by atoms with E-state index in [2.05, 4.69) is 24.1 Å². The standard InChI is InChI=1S/C15H9Cl/c1-2-10-3-5-14-11(7-10)8-12-9-13(16)4-6-15(12)14/h1,3-7,9H,8H2. The first-order chi connectivity index (χ1) is 7.78. The first-order valence-electron chi connectivity index (χ1n) is 5.16. The molecule has 0 N–H and O–H groups in total. The van der Waals surface area contributed by atoms with Crippen molar-refractivity contribution >= 4 is 11.6 Å². The maximum atomic E-state index is 5.99. The first-order valence-corrected chi connectivity index (χ1v) is 5.54. The van der Waals surface area contributed by atoms with Crippen LogP contribution in [0.4, 0.5) is 0 Å². The highest BCUT2D eigenvalue weighted by atomic mass is 35.5. The number of hydrogen-bond donors (Lipinski definition) is 0. The van der Waals surface area contributed by atoms with Crippen LogP contribution in [-0.2, 0) is 6.42 Å². The summed E-state index contributed by atoms with van der Waals surface area (Å²) in [6.07, 6.45) is 6.33. The van der Waals surface area contributed by atoms with Crippen molar-refractivity contribution in [1.82, 2.24) is 0 Å². The molecule has 3 rings (SSSR count). The summed E-state index contributed by atoms with van der Waals surface area (Å²) in [5, 5.41) is 0.795. The summed E-state index contributed by atoms with van der Waals surface area (Å²) in [7, 11) is 0. The van der Waals surface area contributed by atoms with Crippen LogP contribution in [0.15, 0.2) is 36.4 Å². The lowest BCUT2D eigenvalue weighted by molar-refractivity contribution is 1.26. The molecule has 0 aliphatic heterocycles. The van der Waals surface area contributed by atoms with E-state index in [0.717, 1.165) is 17.0 Å². The molecular weight excluding hydrogens is 216 g/mol. The van der Waals surface area contributed by atoms with Crippen LogP contribution in [0.3, 0.4) is 0 Å². The van der Waals surface area contributed by atoms with Crippen LogP contribution in [0.25, 0.3) is 11.1 Å². The molecule has 0 saturated carbocycles. The summed E-state index contributed by atoms with van der Waals surface area (Å²) in [5.41, 5.74) is 6.09. The number of benzene rings is 2. The Kier molecular flexibility index (Phi) is 2.02. The van der Waals surface area contributed by atoms with Gasteiger partial charge in [-0.15, -0.1) is 6.42 Å². The van der Waals surface area contributed by atoms with Crippen molar-refractivity contribution in [2.24, 2.45) is 0 Å². The van der Waals surface area contributed by atoms with Crippen molar-refractivity contribution in [2.45, 2.75) is 6.42 Å². The van der Waals surface area contributed by atoms with Gasteiger partial charge < -0.3 is 0 Å². The van der Waals surface area contributed by atoms with Gasteiger partial charge in [-0.3, -0.25) is 0 Å². The molecule has 2 aromatic rings. The second-order valence-corrected chi connectivity index (χ2v) is 4.43. The van der Waals surface area contributed by atoms with E-state index in [1.54, 1.807) is 0 Å². The van der Waals surface area contributed by atoms with E-state index in [0.29, 0.717) is 0 Å². The Morgan fingerprint density at radius 1 is 1.00 bits per heavy atom. The van der Waals surface area contributed by atoms with Gasteiger partial charge >= 0.3 is 0 Å². The highest BCUT2D eigenvalue weighted by Gasteiger charge is 2.18. The van der Waals surface area contributed by atoms with Crippen molar-refractivity contribution in [3.63, 3.8) is 0 Å². The molecule has 0 heterocycles. The van der Waals surface area contributed by atoms with Crippen LogP contribution in [0.1, 0.15) is 16.7 Å². The second-order valence-electron chi connectivity index (χ2n) is 3.99. The van der Waals surface area contributed by atoms with Crippen molar-refractivity contribution < 1.29 is 0 Å². The molecule has 0 atom stereocenters. The maximum absolute atomic E-state index is 5.99. The highest BCUT2D eigenvalue weighted by molar-refractivity contribution is 6.30. The SMILES string of the molecule is C#Cc1ccc2c(c1)Cc1cc(Cl)ccc1-2. The molecule has 0 aromatic heterocycles. The molecular formula is C15H9Cl. The molecule has 0 fully saturated rings. The Balaban J connectivity index is 2.21. The smallest absolute Gasteiger partial charge is 0.0409 e. The zero-order valence-electron chi connectivity index (χ0n) is 8.63. The van der Waals surface area contributed by atoms with Crippen LogP contribution in [0.5, 0.6) is 0 Å². The number of fused-ring (bicyclic) bond motifs is 3. The van der Waals surface area contributed by atoms with E-state index in [-0.39, 0.29) is 0 Å². The molecule has 1 heteroatoms. The molecule has 0 saturated heterocycles. The van der Waals surface area contributed by atoms with Crippen LogP contribution in [0, 0.1) is 12.3 Å². The average molecular weight is 225 g/mol. The summed E-state index contributed by atoms with van der Waals surface area (Å²) in [6, 6.07) is 12.2. The van der Waals surface area contributed by atoms with E-state index in [9.17, 15) is 0 Å². The minimum absolute atomic E-state index is 0.795. The molecule has 0 bridgehead atoms. The molecule has 0 nitrogen and oxygen atoms in total. The van der Waals surface area contributed by atoms with E-state index < -0.39 is 0 Å². The van der Waals surface area contributed by atoms with Gasteiger partial charge in [0, 0.05) is 10.6 Å². The fourth-order valence-electron chi connectivity index (χ4n) is 2.27. The molecule has 76 valence electrons. The molecule has 1 aliphatic carbocycles. The van der Waals surface area contributed by atoms with Crippen molar-refractivity contribution in [3.05, 3.63) is 58.1 Å². The summed E-state index contributed by atoms with van der Waals surface area (Å²) >= 11 is 5.99. The maximum Gasteiger partial charge on any atom is 0.0409 e. The topological polar surface area (TPSA) is 0 Å². The minimum Gasteiger partial charge on any atom is -0.115 e. The molecule has 0 spiro atoms. The lowest BCUT2D eigenvalue weighted by Gasteiger charge is -2.01. The van der Waals surface area contributed by atoms with Crippen LogP contribution < -0.4 is 0 Å². The minimum atomic E-state index is 0.795. The molecule has 0 amide bonds. The van der Waals surface area contributed by atoms with E-state index in [4.69, 9.17) is 18.0 Å². The quantitative estimate of drug-likeness (QED) is 0.508. The monoisotopic (exact) mass is 224 g/mol. The largest absolute Gasteiger partial charge is 0.115 e. The van der Waals surface area contributed by atoms with E-state index in [1.165, 1.54) is 22.3 Å². The Labute approximate surface area is 99.9 Å². The Hall–Kier alpha value is -1.71. The molecule has 1 aliphatic rings. The lowest BCUT2D eigenvalue weighted by atomic mass is 10.0. The predicted molar refractivity (Wildman–Crippen MR) is 67.6 cm³/mol. The van der Waals surface area contributed by atoms with Crippen molar-refractivity contribution in [3.8, 4) is 23.5 Å². The Morgan fingerprint density at radius 2 is 1.69 bits per heavy atom. The lowest BCUT2D eigenvalue weighted by Crippen LogP contribution is -1.82. The van der Waals surface area contributed by atoms with Crippen molar-refractivity contribution in [2.75, 3.05) is 0 Å². The Morgan fingerprint density at radius 3 is 2.44 bits per heavy atom. The van der Waals surface area contributed by atoms with Crippen LogP contribution >= 0.6 is 11.6 Å².